The van der Waals surface area contributed by atoms with Gasteiger partial charge >= 0.3 is 0 Å². The van der Waals surface area contributed by atoms with Crippen LogP contribution in [0.5, 0.6) is 0 Å². The van der Waals surface area contributed by atoms with Gasteiger partial charge in [0.25, 0.3) is 0 Å². The number of hydrogen-bond acceptors (Lipinski definition) is 6. The predicted molar refractivity (Wildman–Crippen MR) is 66.1 cm³/mol. The van der Waals surface area contributed by atoms with Crippen LogP contribution in [-0.2, 0) is 4.74 Å². The van der Waals surface area contributed by atoms with Crippen LogP contribution in [0.3, 0.4) is 0 Å². The van der Waals surface area contributed by atoms with Crippen LogP contribution in [0, 0.1) is 22.7 Å². The minimum Gasteiger partial charge on any atom is -0.367 e. The Hall–Kier alpha value is -1.45. The van der Waals surface area contributed by atoms with Gasteiger partial charge in [-0.25, -0.2) is 0 Å². The highest BCUT2D eigenvalue weighted by Gasteiger charge is 2.62. The standard InChI is InChI=1S/C13H18N4O2/c1-13(2)8(6-14)10(13)12-15-11(16-19-12)9-7-17(3)4-5-18-9/h8-10H,4-5,7H2,1-3H3. The second-order valence-corrected chi connectivity index (χ2v) is 6.02. The summed E-state index contributed by atoms with van der Waals surface area (Å²) >= 11 is 0. The third-order valence-electron chi connectivity index (χ3n) is 4.25. The Balaban J connectivity index is 1.76. The molecule has 0 amide bonds. The highest BCUT2D eigenvalue weighted by Crippen LogP contribution is 2.63. The molecule has 0 aromatic carbocycles. The van der Waals surface area contributed by atoms with Gasteiger partial charge in [0.2, 0.25) is 11.7 Å². The number of aromatic nitrogens is 2. The zero-order chi connectivity index (χ0) is 13.6. The maximum atomic E-state index is 9.09. The quantitative estimate of drug-likeness (QED) is 0.800. The maximum Gasteiger partial charge on any atom is 0.231 e. The van der Waals surface area contributed by atoms with Gasteiger partial charge in [-0.3, -0.25) is 0 Å². The number of morpholine rings is 1. The average Bonchev–Trinajstić information content (AvgIpc) is 2.76. The summed E-state index contributed by atoms with van der Waals surface area (Å²) in [6, 6.07) is 2.31. The van der Waals surface area contributed by atoms with E-state index < -0.39 is 0 Å². The van der Waals surface area contributed by atoms with Crippen molar-refractivity contribution in [2.75, 3.05) is 26.7 Å². The molecular weight excluding hydrogens is 244 g/mol. The van der Waals surface area contributed by atoms with Crippen LogP contribution in [0.25, 0.3) is 0 Å². The Morgan fingerprint density at radius 1 is 1.47 bits per heavy atom. The van der Waals surface area contributed by atoms with Gasteiger partial charge in [0, 0.05) is 13.1 Å². The second kappa shape index (κ2) is 4.29. The summed E-state index contributed by atoms with van der Waals surface area (Å²) in [6.45, 7) is 6.49. The van der Waals surface area contributed by atoms with E-state index in [2.05, 4.69) is 35.0 Å². The fraction of sp³-hybridized carbons (Fsp3) is 0.769. The van der Waals surface area contributed by atoms with Crippen LogP contribution in [-0.4, -0.2) is 41.8 Å². The minimum absolute atomic E-state index is 0.0317. The van der Waals surface area contributed by atoms with Gasteiger partial charge in [0.05, 0.1) is 24.5 Å². The molecule has 3 atom stereocenters. The molecular formula is C13H18N4O2. The lowest BCUT2D eigenvalue weighted by Gasteiger charge is -2.27. The van der Waals surface area contributed by atoms with E-state index in [9.17, 15) is 0 Å². The highest BCUT2D eigenvalue weighted by molar-refractivity contribution is 5.26. The SMILES string of the molecule is CN1CCOC(c2noc(C3C(C#N)C3(C)C)n2)C1. The molecule has 6 nitrogen and oxygen atoms in total. The second-order valence-electron chi connectivity index (χ2n) is 6.02. The van der Waals surface area contributed by atoms with E-state index in [0.29, 0.717) is 18.3 Å². The fourth-order valence-corrected chi connectivity index (χ4v) is 2.78. The lowest BCUT2D eigenvalue weighted by Crippen LogP contribution is -2.35. The first-order valence-electron chi connectivity index (χ1n) is 6.57. The van der Waals surface area contributed by atoms with Gasteiger partial charge in [-0.15, -0.1) is 0 Å². The normalized spacial score (nSPS) is 33.9. The van der Waals surface area contributed by atoms with Crippen LogP contribution in [0.2, 0.25) is 0 Å². The molecule has 6 heteroatoms. The Bertz CT molecular complexity index is 519. The van der Waals surface area contributed by atoms with E-state index in [-0.39, 0.29) is 23.4 Å². The maximum absolute atomic E-state index is 9.09. The molecule has 1 aromatic rings. The van der Waals surface area contributed by atoms with Crippen molar-refractivity contribution in [2.24, 2.45) is 11.3 Å². The van der Waals surface area contributed by atoms with Crippen LogP contribution in [0.15, 0.2) is 4.52 Å². The predicted octanol–water partition coefficient (Wildman–Crippen LogP) is 1.34. The third kappa shape index (κ3) is 2.03. The van der Waals surface area contributed by atoms with Gasteiger partial charge < -0.3 is 14.2 Å². The lowest BCUT2D eigenvalue weighted by molar-refractivity contribution is -0.0264. The van der Waals surface area contributed by atoms with E-state index >= 15 is 0 Å². The van der Waals surface area contributed by atoms with Crippen molar-refractivity contribution >= 4 is 0 Å². The number of ether oxygens (including phenoxy) is 1. The zero-order valence-electron chi connectivity index (χ0n) is 11.5. The molecule has 1 saturated heterocycles. The fourth-order valence-electron chi connectivity index (χ4n) is 2.78. The smallest absolute Gasteiger partial charge is 0.231 e. The number of hydrogen-bond donors (Lipinski definition) is 0. The Morgan fingerprint density at radius 3 is 2.89 bits per heavy atom. The van der Waals surface area contributed by atoms with E-state index in [1.54, 1.807) is 0 Å². The monoisotopic (exact) mass is 262 g/mol. The molecule has 3 unspecified atom stereocenters. The van der Waals surface area contributed by atoms with Crippen LogP contribution in [0.4, 0.5) is 0 Å². The summed E-state index contributed by atoms with van der Waals surface area (Å²) in [4.78, 5) is 6.63. The van der Waals surface area contributed by atoms with Crippen LogP contribution >= 0.6 is 0 Å². The van der Waals surface area contributed by atoms with Gasteiger partial charge in [0.1, 0.15) is 6.10 Å². The van der Waals surface area contributed by atoms with Crippen LogP contribution in [0.1, 0.15) is 37.6 Å². The summed E-state index contributed by atoms with van der Waals surface area (Å²) in [5, 5.41) is 13.1. The topological polar surface area (TPSA) is 75.2 Å². The Morgan fingerprint density at radius 2 is 2.26 bits per heavy atom. The molecule has 1 aromatic heterocycles. The first kappa shape index (κ1) is 12.6. The molecule has 2 aliphatic rings. The molecule has 1 aliphatic heterocycles. The van der Waals surface area contributed by atoms with E-state index in [1.165, 1.54) is 0 Å². The summed E-state index contributed by atoms with van der Waals surface area (Å²) in [5.41, 5.74) is -0.0667. The van der Waals surface area contributed by atoms with Crippen molar-refractivity contribution < 1.29 is 9.26 Å². The van der Waals surface area contributed by atoms with Crippen molar-refractivity contribution in [3.05, 3.63) is 11.7 Å². The van der Waals surface area contributed by atoms with E-state index in [1.807, 2.05) is 7.05 Å². The van der Waals surface area contributed by atoms with Gasteiger partial charge in [-0.05, 0) is 12.5 Å². The number of nitriles is 1. The zero-order valence-corrected chi connectivity index (χ0v) is 11.5. The molecule has 0 N–H and O–H groups in total. The van der Waals surface area contributed by atoms with Gasteiger partial charge in [-0.2, -0.15) is 10.2 Å². The molecule has 3 rings (SSSR count). The Labute approximate surface area is 112 Å². The first-order chi connectivity index (χ1) is 9.04. The summed E-state index contributed by atoms with van der Waals surface area (Å²) in [7, 11) is 2.05. The van der Waals surface area contributed by atoms with Crippen molar-refractivity contribution in [1.29, 1.82) is 5.26 Å². The molecule has 102 valence electrons. The number of rotatable bonds is 2. The number of likely N-dealkylation sites (N-methyl/N-ethyl adjacent to an activating group) is 1. The molecule has 2 fully saturated rings. The van der Waals surface area contributed by atoms with Crippen LogP contribution < -0.4 is 0 Å². The average molecular weight is 262 g/mol. The van der Waals surface area contributed by atoms with Gasteiger partial charge in [-0.1, -0.05) is 19.0 Å². The largest absolute Gasteiger partial charge is 0.367 e. The van der Waals surface area contributed by atoms with E-state index in [0.717, 1.165) is 13.1 Å². The molecule has 0 bridgehead atoms. The van der Waals surface area contributed by atoms with Crippen molar-refractivity contribution in [3.8, 4) is 6.07 Å². The highest BCUT2D eigenvalue weighted by atomic mass is 16.5. The van der Waals surface area contributed by atoms with Crippen molar-refractivity contribution in [1.82, 2.24) is 15.0 Å². The summed E-state index contributed by atoms with van der Waals surface area (Å²) < 4.78 is 11.0. The first-order valence-corrected chi connectivity index (χ1v) is 6.57. The summed E-state index contributed by atoms with van der Waals surface area (Å²) in [6.07, 6.45) is -0.126. The van der Waals surface area contributed by atoms with Crippen molar-refractivity contribution in [2.45, 2.75) is 25.9 Å². The van der Waals surface area contributed by atoms with E-state index in [4.69, 9.17) is 14.5 Å². The molecule has 19 heavy (non-hydrogen) atoms. The third-order valence-corrected chi connectivity index (χ3v) is 4.25. The minimum atomic E-state index is -0.126. The van der Waals surface area contributed by atoms with Gasteiger partial charge in [0.15, 0.2) is 0 Å². The number of nitrogens with zero attached hydrogens (tertiary/aromatic N) is 4. The molecule has 1 aliphatic carbocycles. The Kier molecular flexibility index (Phi) is 2.84. The molecule has 0 spiro atoms. The molecule has 2 heterocycles. The lowest BCUT2D eigenvalue weighted by atomic mass is 10.1. The van der Waals surface area contributed by atoms with Crippen molar-refractivity contribution in [3.63, 3.8) is 0 Å². The summed E-state index contributed by atoms with van der Waals surface area (Å²) in [5.74, 6) is 1.19. The molecule has 0 radical (unpaired) electrons. The molecule has 1 saturated carbocycles.